The van der Waals surface area contributed by atoms with Crippen LogP contribution in [0.15, 0.2) is 53.9 Å². The molecule has 0 bridgehead atoms. The zero-order valence-electron chi connectivity index (χ0n) is 10.6. The number of nitrogens with zero attached hydrogens (tertiary/aromatic N) is 2. The van der Waals surface area contributed by atoms with Gasteiger partial charge >= 0.3 is 0 Å². The molecule has 0 unspecified atom stereocenters. The molecule has 0 fully saturated rings. The van der Waals surface area contributed by atoms with E-state index in [0.29, 0.717) is 11.3 Å². The minimum Gasteiger partial charge on any atom is -0.457 e. The van der Waals surface area contributed by atoms with Gasteiger partial charge in [-0.15, -0.1) is 0 Å². The zero-order chi connectivity index (χ0) is 13.9. The summed E-state index contributed by atoms with van der Waals surface area (Å²) in [7, 11) is 0. The van der Waals surface area contributed by atoms with Gasteiger partial charge in [0.05, 0.1) is 5.39 Å². The van der Waals surface area contributed by atoms with Gasteiger partial charge in [-0.1, -0.05) is 12.1 Å². The van der Waals surface area contributed by atoms with Crippen molar-refractivity contribution in [2.75, 3.05) is 0 Å². The van der Waals surface area contributed by atoms with Crippen LogP contribution in [-0.4, -0.2) is 15.8 Å². The third kappa shape index (κ3) is 2.14. The van der Waals surface area contributed by atoms with Gasteiger partial charge in [0.15, 0.2) is 0 Å². The van der Waals surface area contributed by atoms with Crippen molar-refractivity contribution in [3.05, 3.63) is 54.4 Å². The van der Waals surface area contributed by atoms with Gasteiger partial charge in [0.1, 0.15) is 23.0 Å². The van der Waals surface area contributed by atoms with E-state index in [1.165, 1.54) is 0 Å². The highest BCUT2D eigenvalue weighted by molar-refractivity contribution is 5.97. The summed E-state index contributed by atoms with van der Waals surface area (Å²) in [6.45, 7) is 0. The number of nitrogens with two attached hydrogens (primary N) is 2. The summed E-state index contributed by atoms with van der Waals surface area (Å²) in [5.41, 5.74) is 7.18. The van der Waals surface area contributed by atoms with Crippen molar-refractivity contribution in [3.8, 4) is 11.5 Å². The molecule has 6 heteroatoms. The normalized spacial score (nSPS) is 11.7. The quantitative estimate of drug-likeness (QED) is 0.292. The lowest BCUT2D eigenvalue weighted by Gasteiger charge is -2.08. The fourth-order valence-corrected chi connectivity index (χ4v) is 1.94. The molecule has 100 valence electrons. The Morgan fingerprint density at radius 2 is 2.15 bits per heavy atom. The molecular formula is C14H13N5O. The second-order valence-corrected chi connectivity index (χ2v) is 4.19. The van der Waals surface area contributed by atoms with Gasteiger partial charge in [0, 0.05) is 18.0 Å². The Kier molecular flexibility index (Phi) is 2.96. The molecule has 0 atom stereocenters. The number of fused-ring (bicyclic) bond motifs is 1. The third-order valence-electron chi connectivity index (χ3n) is 2.92. The third-order valence-corrected chi connectivity index (χ3v) is 2.92. The van der Waals surface area contributed by atoms with Crippen LogP contribution in [0.1, 0.15) is 5.56 Å². The molecule has 0 aliphatic carbocycles. The van der Waals surface area contributed by atoms with E-state index in [0.717, 1.165) is 16.8 Å². The summed E-state index contributed by atoms with van der Waals surface area (Å²) >= 11 is 0. The maximum absolute atomic E-state index is 5.87. The molecule has 5 N–H and O–H groups in total. The molecule has 0 saturated heterocycles. The molecule has 0 spiro atoms. The Labute approximate surface area is 115 Å². The summed E-state index contributed by atoms with van der Waals surface area (Å²) in [4.78, 5) is 7.25. The average Bonchev–Trinajstić information content (AvgIpc) is 2.96. The first kappa shape index (κ1) is 12.0. The molecule has 2 heterocycles. The lowest BCUT2D eigenvalue weighted by molar-refractivity contribution is 0.488. The number of amidine groups is 1. The van der Waals surface area contributed by atoms with E-state index in [2.05, 4.69) is 15.1 Å². The summed E-state index contributed by atoms with van der Waals surface area (Å²) in [5.74, 6) is 6.81. The maximum Gasteiger partial charge on any atom is 0.150 e. The van der Waals surface area contributed by atoms with Crippen LogP contribution in [0.5, 0.6) is 11.5 Å². The van der Waals surface area contributed by atoms with Crippen LogP contribution in [-0.2, 0) is 0 Å². The van der Waals surface area contributed by atoms with Gasteiger partial charge in [-0.2, -0.15) is 5.10 Å². The largest absolute Gasteiger partial charge is 0.457 e. The van der Waals surface area contributed by atoms with E-state index >= 15 is 0 Å². The monoisotopic (exact) mass is 267 g/mol. The van der Waals surface area contributed by atoms with Gasteiger partial charge in [-0.25, -0.2) is 4.98 Å². The number of H-pyrrole nitrogens is 1. The summed E-state index contributed by atoms with van der Waals surface area (Å²) in [5, 5.41) is 4.39. The highest BCUT2D eigenvalue weighted by Crippen LogP contribution is 2.28. The molecule has 3 aromatic rings. The first-order valence-electron chi connectivity index (χ1n) is 6.01. The first-order chi connectivity index (χ1) is 9.78. The number of pyridine rings is 1. The molecule has 20 heavy (non-hydrogen) atoms. The Morgan fingerprint density at radius 1 is 1.25 bits per heavy atom. The van der Waals surface area contributed by atoms with Crippen LogP contribution in [0.2, 0.25) is 0 Å². The van der Waals surface area contributed by atoms with E-state index in [1.807, 2.05) is 36.5 Å². The van der Waals surface area contributed by atoms with Gasteiger partial charge in [-0.05, 0) is 24.3 Å². The molecule has 2 aromatic heterocycles. The van der Waals surface area contributed by atoms with E-state index in [-0.39, 0.29) is 5.84 Å². The first-order valence-corrected chi connectivity index (χ1v) is 6.01. The van der Waals surface area contributed by atoms with Crippen LogP contribution in [0, 0.1) is 0 Å². The van der Waals surface area contributed by atoms with Crippen LogP contribution >= 0.6 is 0 Å². The second kappa shape index (κ2) is 4.93. The highest BCUT2D eigenvalue weighted by atomic mass is 16.5. The predicted molar refractivity (Wildman–Crippen MR) is 77.5 cm³/mol. The van der Waals surface area contributed by atoms with E-state index in [9.17, 15) is 0 Å². The fraction of sp³-hybridized carbons (Fsp3) is 0. The molecule has 0 saturated carbocycles. The van der Waals surface area contributed by atoms with Gasteiger partial charge in [0.2, 0.25) is 0 Å². The molecule has 3 rings (SSSR count). The van der Waals surface area contributed by atoms with Crippen LogP contribution in [0.25, 0.3) is 11.0 Å². The van der Waals surface area contributed by atoms with Crippen LogP contribution < -0.4 is 16.3 Å². The number of aromatic amines is 1. The SMILES string of the molecule is N/N=C(\N)c1cccc(Oc2ccnc3[nH]ccc23)c1. The number of aromatic nitrogens is 2. The van der Waals surface area contributed by atoms with Crippen molar-refractivity contribution in [2.24, 2.45) is 16.7 Å². The molecule has 6 nitrogen and oxygen atoms in total. The molecule has 0 amide bonds. The van der Waals surface area contributed by atoms with Crippen LogP contribution in [0.4, 0.5) is 0 Å². The number of hydrogen-bond donors (Lipinski definition) is 3. The standard InChI is InChI=1S/C14H13N5O/c15-13(19-16)9-2-1-3-10(8-9)20-12-5-7-18-14-11(12)4-6-17-14/h1-8H,16H2,(H2,15,19)(H,17,18). The number of benzene rings is 1. The number of hydrogen-bond acceptors (Lipinski definition) is 4. The minimum absolute atomic E-state index is 0.261. The summed E-state index contributed by atoms with van der Waals surface area (Å²) in [6, 6.07) is 11.0. The number of rotatable bonds is 3. The maximum atomic E-state index is 5.87. The molecule has 0 aliphatic heterocycles. The van der Waals surface area contributed by atoms with Crippen molar-refractivity contribution in [3.63, 3.8) is 0 Å². The lowest BCUT2D eigenvalue weighted by atomic mass is 10.2. The van der Waals surface area contributed by atoms with Crippen molar-refractivity contribution >= 4 is 16.9 Å². The number of hydrazone groups is 1. The Bertz CT molecular complexity index is 778. The smallest absolute Gasteiger partial charge is 0.150 e. The van der Waals surface area contributed by atoms with Gasteiger partial charge < -0.3 is 21.3 Å². The summed E-state index contributed by atoms with van der Waals surface area (Å²) < 4.78 is 5.87. The van der Waals surface area contributed by atoms with Crippen molar-refractivity contribution in [2.45, 2.75) is 0 Å². The fourth-order valence-electron chi connectivity index (χ4n) is 1.94. The molecule has 0 radical (unpaired) electrons. The van der Waals surface area contributed by atoms with Crippen molar-refractivity contribution in [1.82, 2.24) is 9.97 Å². The highest BCUT2D eigenvalue weighted by Gasteiger charge is 2.06. The molecule has 0 aliphatic rings. The molecular weight excluding hydrogens is 254 g/mol. The Morgan fingerprint density at radius 3 is 3.00 bits per heavy atom. The number of nitrogens with one attached hydrogen (secondary N) is 1. The predicted octanol–water partition coefficient (Wildman–Crippen LogP) is 1.93. The van der Waals surface area contributed by atoms with Crippen LogP contribution in [0.3, 0.4) is 0 Å². The van der Waals surface area contributed by atoms with Gasteiger partial charge in [0.25, 0.3) is 0 Å². The Balaban J connectivity index is 1.97. The zero-order valence-corrected chi connectivity index (χ0v) is 10.6. The molecule has 1 aromatic carbocycles. The second-order valence-electron chi connectivity index (χ2n) is 4.19. The lowest BCUT2D eigenvalue weighted by Crippen LogP contribution is -2.15. The number of ether oxygens (including phenoxy) is 1. The van der Waals surface area contributed by atoms with E-state index < -0.39 is 0 Å². The van der Waals surface area contributed by atoms with E-state index in [4.69, 9.17) is 16.3 Å². The van der Waals surface area contributed by atoms with Crippen molar-refractivity contribution in [1.29, 1.82) is 0 Å². The van der Waals surface area contributed by atoms with E-state index in [1.54, 1.807) is 12.3 Å². The van der Waals surface area contributed by atoms with Crippen molar-refractivity contribution < 1.29 is 4.74 Å². The topological polar surface area (TPSA) is 102 Å². The minimum atomic E-state index is 0.261. The summed E-state index contributed by atoms with van der Waals surface area (Å²) in [6.07, 6.45) is 3.51. The Hall–Kier alpha value is -3.02. The average molecular weight is 267 g/mol. The van der Waals surface area contributed by atoms with Gasteiger partial charge in [-0.3, -0.25) is 0 Å².